The highest BCUT2D eigenvalue weighted by atomic mass is 32.2. The zero-order valence-electron chi connectivity index (χ0n) is 12.0. The molecular weight excluding hydrogens is 342 g/mol. The van der Waals surface area contributed by atoms with E-state index in [2.05, 4.69) is 20.3 Å². The predicted molar refractivity (Wildman–Crippen MR) is 81.9 cm³/mol. The molecule has 1 fully saturated rings. The van der Waals surface area contributed by atoms with Crippen LogP contribution < -0.4 is 5.32 Å². The van der Waals surface area contributed by atoms with Gasteiger partial charge in [0.05, 0.1) is 23.8 Å². The van der Waals surface area contributed by atoms with Gasteiger partial charge in [-0.05, 0) is 23.9 Å². The number of nitrogens with zero attached hydrogens (tertiary/aromatic N) is 3. The lowest BCUT2D eigenvalue weighted by Gasteiger charge is -1.98. The maximum Gasteiger partial charge on any atom is 0.331 e. The molecule has 0 spiro atoms. The molecule has 1 saturated heterocycles. The summed E-state index contributed by atoms with van der Waals surface area (Å²) in [6.07, 6.45) is 1.92. The molecule has 1 aromatic rings. The number of halogens is 2. The molecule has 2 rings (SSSR count). The summed E-state index contributed by atoms with van der Waals surface area (Å²) >= 11 is 0.836. The van der Waals surface area contributed by atoms with Gasteiger partial charge in [0.2, 0.25) is 0 Å². The van der Waals surface area contributed by atoms with E-state index in [1.165, 1.54) is 19.2 Å². The molecule has 0 atom stereocenters. The van der Waals surface area contributed by atoms with Crippen LogP contribution in [-0.2, 0) is 14.3 Å². The minimum absolute atomic E-state index is 0.0564. The average molecular weight is 350 g/mol. The summed E-state index contributed by atoms with van der Waals surface area (Å²) in [5, 5.41) is 18.2. The lowest BCUT2D eigenvalue weighted by Crippen LogP contribution is -2.19. The number of ether oxygens (including phenoxy) is 1. The van der Waals surface area contributed by atoms with Crippen molar-refractivity contribution in [3.8, 4) is 6.07 Å². The van der Waals surface area contributed by atoms with Gasteiger partial charge in [-0.15, -0.1) is 5.10 Å². The highest BCUT2D eigenvalue weighted by Gasteiger charge is 2.25. The molecule has 7 nitrogen and oxygen atoms in total. The Kier molecular flexibility index (Phi) is 5.39. The highest BCUT2D eigenvalue weighted by Crippen LogP contribution is 2.23. The molecule has 122 valence electrons. The molecule has 1 heterocycles. The molecule has 1 aliphatic heterocycles. The van der Waals surface area contributed by atoms with Gasteiger partial charge in [0.25, 0.3) is 5.91 Å². The Morgan fingerprint density at radius 2 is 2.17 bits per heavy atom. The third-order valence-corrected chi connectivity index (χ3v) is 3.58. The summed E-state index contributed by atoms with van der Waals surface area (Å²) in [6.45, 7) is 0. The van der Waals surface area contributed by atoms with Crippen LogP contribution in [0.5, 0.6) is 0 Å². The second-order valence-electron chi connectivity index (χ2n) is 4.18. The normalized spacial score (nSPS) is 17.3. The van der Waals surface area contributed by atoms with Crippen molar-refractivity contribution < 1.29 is 23.1 Å². The monoisotopic (exact) mass is 350 g/mol. The van der Waals surface area contributed by atoms with Crippen molar-refractivity contribution >= 4 is 35.0 Å². The predicted octanol–water partition coefficient (Wildman–Crippen LogP) is 1.45. The minimum atomic E-state index is -1.28. The van der Waals surface area contributed by atoms with Crippen LogP contribution in [0.3, 0.4) is 0 Å². The zero-order chi connectivity index (χ0) is 17.7. The fourth-order valence-corrected chi connectivity index (χ4v) is 2.27. The van der Waals surface area contributed by atoms with E-state index >= 15 is 0 Å². The Morgan fingerprint density at radius 1 is 1.42 bits per heavy atom. The van der Waals surface area contributed by atoms with Crippen LogP contribution in [0, 0.1) is 23.0 Å². The molecule has 24 heavy (non-hydrogen) atoms. The Balaban J connectivity index is 2.15. The van der Waals surface area contributed by atoms with Crippen molar-refractivity contribution in [2.45, 2.75) is 0 Å². The van der Waals surface area contributed by atoms with Crippen LogP contribution in [-0.4, -0.2) is 30.4 Å². The van der Waals surface area contributed by atoms with E-state index in [0.717, 1.165) is 30.1 Å². The molecular formula is C14H8F2N4O3S. The second-order valence-corrected chi connectivity index (χ2v) is 5.21. The number of hydrogen-bond acceptors (Lipinski definition) is 7. The van der Waals surface area contributed by atoms with Crippen molar-refractivity contribution in [1.29, 1.82) is 5.26 Å². The molecule has 1 aliphatic rings. The van der Waals surface area contributed by atoms with Crippen LogP contribution in [0.1, 0.15) is 11.1 Å². The first kappa shape index (κ1) is 17.3. The number of amides is 1. The molecule has 1 aromatic carbocycles. The van der Waals surface area contributed by atoms with Gasteiger partial charge >= 0.3 is 5.97 Å². The van der Waals surface area contributed by atoms with E-state index in [9.17, 15) is 18.4 Å². The van der Waals surface area contributed by atoms with Gasteiger partial charge in [-0.2, -0.15) is 10.4 Å². The maximum atomic E-state index is 13.7. The number of carbonyl (C=O) groups excluding carboxylic acids is 2. The molecule has 0 aromatic heterocycles. The van der Waals surface area contributed by atoms with Gasteiger partial charge < -0.3 is 4.74 Å². The molecule has 1 amide bonds. The second kappa shape index (κ2) is 7.47. The molecule has 0 bridgehead atoms. The fraction of sp³-hybridized carbons (Fsp3) is 0.0714. The first-order chi connectivity index (χ1) is 11.5. The van der Waals surface area contributed by atoms with Gasteiger partial charge in [0, 0.05) is 11.6 Å². The van der Waals surface area contributed by atoms with Gasteiger partial charge in [-0.3, -0.25) is 10.1 Å². The molecule has 0 unspecified atom stereocenters. The zero-order valence-corrected chi connectivity index (χ0v) is 12.9. The topological polar surface area (TPSA) is 104 Å². The van der Waals surface area contributed by atoms with E-state index < -0.39 is 29.1 Å². The van der Waals surface area contributed by atoms with Crippen LogP contribution >= 0.6 is 11.8 Å². The summed E-state index contributed by atoms with van der Waals surface area (Å²) in [4.78, 5) is 22.7. The summed E-state index contributed by atoms with van der Waals surface area (Å²) in [6, 6.07) is 3.79. The largest absolute Gasteiger partial charge is 0.466 e. The minimum Gasteiger partial charge on any atom is -0.466 e. The summed E-state index contributed by atoms with van der Waals surface area (Å²) in [7, 11) is 1.17. The maximum absolute atomic E-state index is 13.7. The Morgan fingerprint density at radius 3 is 2.83 bits per heavy atom. The lowest BCUT2D eigenvalue weighted by atomic mass is 10.1. The first-order valence-electron chi connectivity index (χ1n) is 6.24. The number of hydrogen-bond donors (Lipinski definition) is 1. The van der Waals surface area contributed by atoms with Crippen LogP contribution in [0.4, 0.5) is 8.78 Å². The van der Waals surface area contributed by atoms with Crippen molar-refractivity contribution in [3.05, 3.63) is 45.9 Å². The van der Waals surface area contributed by atoms with Crippen molar-refractivity contribution in [1.82, 2.24) is 5.32 Å². The van der Waals surface area contributed by atoms with Crippen LogP contribution in [0.15, 0.2) is 33.3 Å². The number of methoxy groups -OCH3 is 1. The molecule has 0 radical (unpaired) electrons. The third-order valence-electron chi connectivity index (χ3n) is 2.68. The number of carbonyl (C=O) groups is 2. The number of amidine groups is 1. The van der Waals surface area contributed by atoms with Crippen molar-refractivity contribution in [2.75, 3.05) is 7.11 Å². The molecule has 0 saturated carbocycles. The third kappa shape index (κ3) is 3.82. The van der Waals surface area contributed by atoms with Gasteiger partial charge in [0.1, 0.15) is 6.07 Å². The van der Waals surface area contributed by atoms with Gasteiger partial charge in [0.15, 0.2) is 16.8 Å². The van der Waals surface area contributed by atoms with Crippen LogP contribution in [0.2, 0.25) is 0 Å². The molecule has 10 heteroatoms. The van der Waals surface area contributed by atoms with Gasteiger partial charge in [-0.25, -0.2) is 13.6 Å². The van der Waals surface area contributed by atoms with Crippen molar-refractivity contribution in [3.63, 3.8) is 0 Å². The van der Waals surface area contributed by atoms with E-state index in [-0.39, 0.29) is 15.6 Å². The van der Waals surface area contributed by atoms with Gasteiger partial charge in [-0.1, -0.05) is 0 Å². The number of benzene rings is 1. The number of esters is 1. The van der Waals surface area contributed by atoms with E-state index in [0.29, 0.717) is 0 Å². The number of nitrogens with one attached hydrogen (secondary N) is 1. The standard InChI is InChI=1S/C14H8F2N4O3S/c1-23-10(21)4-9-13(22)19-14(24-9)20-18-6-8-3-2-7(5-17)11(15)12(8)16/h2-4,6H,1H3,(H,19,20,22)/b9-4+,18-6?. The smallest absolute Gasteiger partial charge is 0.331 e. The quantitative estimate of drug-likeness (QED) is 0.384. The Labute approximate surface area is 138 Å². The number of thioether (sulfide) groups is 1. The summed E-state index contributed by atoms with van der Waals surface area (Å²) in [5.74, 6) is -3.77. The van der Waals surface area contributed by atoms with E-state index in [4.69, 9.17) is 5.26 Å². The fourth-order valence-electron chi connectivity index (χ4n) is 1.54. The highest BCUT2D eigenvalue weighted by molar-refractivity contribution is 8.18. The number of nitriles is 1. The SMILES string of the molecule is COC(=O)/C=C1/S/C(=N\N=Cc2ccc(C#N)c(F)c2F)NC1=O. The summed E-state index contributed by atoms with van der Waals surface area (Å²) in [5.41, 5.74) is -0.636. The molecule has 0 aliphatic carbocycles. The average Bonchev–Trinajstić information content (AvgIpc) is 2.91. The molecule has 1 N–H and O–H groups in total. The number of rotatable bonds is 3. The first-order valence-corrected chi connectivity index (χ1v) is 7.06. The summed E-state index contributed by atoms with van der Waals surface area (Å²) < 4.78 is 31.5. The van der Waals surface area contributed by atoms with Crippen molar-refractivity contribution in [2.24, 2.45) is 10.2 Å². The Hall–Kier alpha value is -3.06. The Bertz CT molecular complexity index is 843. The van der Waals surface area contributed by atoms with E-state index in [1.807, 2.05) is 0 Å². The van der Waals surface area contributed by atoms with Crippen LogP contribution in [0.25, 0.3) is 0 Å². The lowest BCUT2D eigenvalue weighted by molar-refractivity contribution is -0.135. The van der Waals surface area contributed by atoms with E-state index in [1.54, 1.807) is 0 Å².